The van der Waals surface area contributed by atoms with E-state index in [0.29, 0.717) is 25.7 Å². The molecule has 0 spiro atoms. The van der Waals surface area contributed by atoms with Crippen LogP contribution in [0.5, 0.6) is 11.5 Å². The number of hydrogen-bond acceptors (Lipinski definition) is 4. The molecule has 0 bridgehead atoms. The van der Waals surface area contributed by atoms with Gasteiger partial charge in [0.25, 0.3) is 0 Å². The summed E-state index contributed by atoms with van der Waals surface area (Å²) in [4.78, 5) is 14.8. The average Bonchev–Trinajstić information content (AvgIpc) is 3.25. The molecule has 3 aliphatic rings. The van der Waals surface area contributed by atoms with Crippen molar-refractivity contribution in [1.82, 2.24) is 10.2 Å². The van der Waals surface area contributed by atoms with Crippen molar-refractivity contribution in [2.24, 2.45) is 0 Å². The van der Waals surface area contributed by atoms with Crippen molar-refractivity contribution in [1.29, 1.82) is 0 Å². The fourth-order valence-electron chi connectivity index (χ4n) is 4.01. The molecule has 6 heteroatoms. The predicted molar refractivity (Wildman–Crippen MR) is 94.0 cm³/mol. The topological polar surface area (TPSA) is 50.8 Å². The van der Waals surface area contributed by atoms with Crippen molar-refractivity contribution in [3.63, 3.8) is 0 Å². The van der Waals surface area contributed by atoms with E-state index in [1.165, 1.54) is 6.42 Å². The summed E-state index contributed by atoms with van der Waals surface area (Å²) in [6.45, 7) is 3.06. The third-order valence-electron chi connectivity index (χ3n) is 5.11. The van der Waals surface area contributed by atoms with Crippen molar-refractivity contribution in [3.05, 3.63) is 23.8 Å². The van der Waals surface area contributed by atoms with E-state index in [9.17, 15) is 4.79 Å². The number of halogens is 1. The van der Waals surface area contributed by atoms with Gasteiger partial charge in [0, 0.05) is 24.6 Å². The fourth-order valence-corrected chi connectivity index (χ4v) is 4.01. The Morgan fingerprint density at radius 3 is 2.92 bits per heavy atom. The van der Waals surface area contributed by atoms with E-state index in [1.54, 1.807) is 0 Å². The van der Waals surface area contributed by atoms with Crippen LogP contribution in [-0.4, -0.2) is 43.2 Å². The lowest BCUT2D eigenvalue weighted by molar-refractivity contribution is -0.132. The Hall–Kier alpha value is -1.46. The molecule has 0 radical (unpaired) electrons. The second-order valence-corrected chi connectivity index (χ2v) is 6.61. The van der Waals surface area contributed by atoms with E-state index in [2.05, 4.69) is 11.4 Å². The number of nitrogens with zero attached hydrogens (tertiary/aromatic N) is 1. The molecule has 0 aromatic heterocycles. The van der Waals surface area contributed by atoms with Gasteiger partial charge in [0.05, 0.1) is 6.04 Å². The summed E-state index contributed by atoms with van der Waals surface area (Å²) in [5.41, 5.74) is 1.10. The van der Waals surface area contributed by atoms with E-state index in [-0.39, 0.29) is 24.4 Å². The van der Waals surface area contributed by atoms with Gasteiger partial charge >= 0.3 is 0 Å². The Kier molecular flexibility index (Phi) is 5.51. The Labute approximate surface area is 149 Å². The second kappa shape index (κ2) is 7.62. The van der Waals surface area contributed by atoms with E-state index in [0.717, 1.165) is 49.4 Å². The highest BCUT2D eigenvalue weighted by atomic mass is 35.5. The number of benzene rings is 1. The lowest BCUT2D eigenvalue weighted by Crippen LogP contribution is -2.35. The van der Waals surface area contributed by atoms with Gasteiger partial charge in [-0.1, -0.05) is 12.1 Å². The molecule has 2 fully saturated rings. The van der Waals surface area contributed by atoms with Gasteiger partial charge in [-0.15, -0.1) is 12.4 Å². The molecule has 1 N–H and O–H groups in total. The zero-order chi connectivity index (χ0) is 15.6. The smallest absolute Gasteiger partial charge is 0.224 e. The molecule has 132 valence electrons. The number of carbonyl (C=O) groups excluding carboxylic acids is 1. The molecule has 0 saturated carbocycles. The number of hydrogen-bond donors (Lipinski definition) is 1. The summed E-state index contributed by atoms with van der Waals surface area (Å²) in [5, 5.41) is 3.42. The summed E-state index contributed by atoms with van der Waals surface area (Å²) in [6.07, 6.45) is 4.96. The van der Waals surface area contributed by atoms with Crippen molar-refractivity contribution >= 4 is 18.3 Å². The van der Waals surface area contributed by atoms with E-state index in [4.69, 9.17) is 9.47 Å². The van der Waals surface area contributed by atoms with E-state index < -0.39 is 0 Å². The first-order chi connectivity index (χ1) is 11.3. The third kappa shape index (κ3) is 3.33. The summed E-state index contributed by atoms with van der Waals surface area (Å²) in [7, 11) is 0. The number of amides is 1. The molecule has 1 amide bonds. The highest BCUT2D eigenvalue weighted by Gasteiger charge is 2.34. The van der Waals surface area contributed by atoms with Crippen LogP contribution in [0.15, 0.2) is 18.2 Å². The van der Waals surface area contributed by atoms with Gasteiger partial charge in [0.1, 0.15) is 13.2 Å². The molecule has 3 heterocycles. The molecule has 2 saturated heterocycles. The van der Waals surface area contributed by atoms with Crippen molar-refractivity contribution in [2.75, 3.05) is 26.3 Å². The monoisotopic (exact) mass is 352 g/mol. The maximum atomic E-state index is 12.8. The summed E-state index contributed by atoms with van der Waals surface area (Å²) in [6, 6.07) is 6.51. The lowest BCUT2D eigenvalue weighted by atomic mass is 10.0. The van der Waals surface area contributed by atoms with Gasteiger partial charge in [0.15, 0.2) is 11.5 Å². The first kappa shape index (κ1) is 17.4. The Balaban J connectivity index is 0.00000169. The summed E-state index contributed by atoms with van der Waals surface area (Å²) >= 11 is 0. The molecular weight excluding hydrogens is 328 g/mol. The minimum absolute atomic E-state index is 0. The molecule has 5 nitrogen and oxygen atoms in total. The molecule has 2 unspecified atom stereocenters. The van der Waals surface area contributed by atoms with Crippen LogP contribution in [0.1, 0.15) is 43.7 Å². The van der Waals surface area contributed by atoms with Crippen LogP contribution in [0.25, 0.3) is 0 Å². The molecule has 3 aliphatic heterocycles. The van der Waals surface area contributed by atoms with Crippen LogP contribution >= 0.6 is 12.4 Å². The second-order valence-electron chi connectivity index (χ2n) is 6.61. The molecule has 24 heavy (non-hydrogen) atoms. The minimum atomic E-state index is 0. The van der Waals surface area contributed by atoms with Crippen LogP contribution < -0.4 is 14.8 Å². The largest absolute Gasteiger partial charge is 0.486 e. The number of likely N-dealkylation sites (tertiary alicyclic amines) is 1. The number of para-hydroxylation sites is 1. The first-order valence-electron chi connectivity index (χ1n) is 8.74. The van der Waals surface area contributed by atoms with Crippen LogP contribution in [0.4, 0.5) is 0 Å². The number of ether oxygens (including phenoxy) is 2. The lowest BCUT2D eigenvalue weighted by Gasteiger charge is -2.29. The molecule has 2 atom stereocenters. The highest BCUT2D eigenvalue weighted by molar-refractivity contribution is 5.85. The molecule has 1 aromatic rings. The maximum Gasteiger partial charge on any atom is 0.224 e. The number of fused-ring (bicyclic) bond motifs is 1. The van der Waals surface area contributed by atoms with E-state index in [1.807, 2.05) is 17.0 Å². The molecular formula is C18H25ClN2O3. The first-order valence-corrected chi connectivity index (χ1v) is 8.74. The fraction of sp³-hybridized carbons (Fsp3) is 0.611. The van der Waals surface area contributed by atoms with Gasteiger partial charge in [0.2, 0.25) is 5.91 Å². The van der Waals surface area contributed by atoms with Crippen LogP contribution in [0.2, 0.25) is 0 Å². The van der Waals surface area contributed by atoms with Crippen molar-refractivity contribution in [3.8, 4) is 11.5 Å². The van der Waals surface area contributed by atoms with Crippen molar-refractivity contribution < 1.29 is 14.3 Å². The minimum Gasteiger partial charge on any atom is -0.486 e. The highest BCUT2D eigenvalue weighted by Crippen LogP contribution is 2.43. The molecule has 4 rings (SSSR count). The predicted octanol–water partition coefficient (Wildman–Crippen LogP) is 2.69. The average molecular weight is 353 g/mol. The van der Waals surface area contributed by atoms with Crippen LogP contribution in [-0.2, 0) is 4.79 Å². The normalized spacial score (nSPS) is 25.4. The third-order valence-corrected chi connectivity index (χ3v) is 5.11. The van der Waals surface area contributed by atoms with Gasteiger partial charge in [-0.3, -0.25) is 4.79 Å². The van der Waals surface area contributed by atoms with Gasteiger partial charge in [-0.25, -0.2) is 0 Å². The van der Waals surface area contributed by atoms with Gasteiger partial charge in [-0.2, -0.15) is 0 Å². The number of carbonyl (C=O) groups is 1. The maximum absolute atomic E-state index is 12.8. The summed E-state index contributed by atoms with van der Waals surface area (Å²) < 4.78 is 11.5. The zero-order valence-corrected chi connectivity index (χ0v) is 14.6. The zero-order valence-electron chi connectivity index (χ0n) is 13.8. The van der Waals surface area contributed by atoms with Crippen LogP contribution in [0.3, 0.4) is 0 Å². The van der Waals surface area contributed by atoms with E-state index >= 15 is 0 Å². The Bertz CT molecular complexity index is 590. The standard InChI is InChI=1S/C18H24N2O3.ClH/c21-17(12-13-4-2-8-19-13)20-9-3-6-15(20)14-5-1-7-16-18(14)23-11-10-22-16;/h1,5,7,13,15,19H,2-4,6,8-12H2;1H. The number of rotatable bonds is 3. The molecule has 1 aromatic carbocycles. The quantitative estimate of drug-likeness (QED) is 0.908. The van der Waals surface area contributed by atoms with Gasteiger partial charge < -0.3 is 19.7 Å². The Morgan fingerprint density at radius 2 is 2.08 bits per heavy atom. The Morgan fingerprint density at radius 1 is 1.21 bits per heavy atom. The molecule has 0 aliphatic carbocycles. The van der Waals surface area contributed by atoms with Crippen LogP contribution in [0, 0.1) is 0 Å². The SMILES string of the molecule is Cl.O=C(CC1CCCN1)N1CCCC1c1cccc2c1OCCO2. The summed E-state index contributed by atoms with van der Waals surface area (Å²) in [5.74, 6) is 1.91. The van der Waals surface area contributed by atoms with Gasteiger partial charge in [-0.05, 0) is 38.3 Å². The number of nitrogens with one attached hydrogen (secondary N) is 1. The van der Waals surface area contributed by atoms with Crippen molar-refractivity contribution in [2.45, 2.75) is 44.2 Å².